The van der Waals surface area contributed by atoms with Gasteiger partial charge in [0.1, 0.15) is 5.65 Å². The Morgan fingerprint density at radius 2 is 2.00 bits per heavy atom. The molecule has 192 valence electrons. The Morgan fingerprint density at radius 3 is 2.67 bits per heavy atom. The molecule has 0 saturated carbocycles. The van der Waals surface area contributed by atoms with Gasteiger partial charge >= 0.3 is 5.97 Å². The number of anilines is 2. The van der Waals surface area contributed by atoms with E-state index >= 15 is 0 Å². The molecule has 36 heavy (non-hydrogen) atoms. The summed E-state index contributed by atoms with van der Waals surface area (Å²) >= 11 is 0. The first-order chi connectivity index (χ1) is 17.5. The van der Waals surface area contributed by atoms with Crippen molar-refractivity contribution >= 4 is 34.3 Å². The van der Waals surface area contributed by atoms with Crippen molar-refractivity contribution in [3.8, 4) is 0 Å². The lowest BCUT2D eigenvalue weighted by atomic mass is 10.1. The lowest BCUT2D eigenvalue weighted by Crippen LogP contribution is -2.24. The Balaban J connectivity index is 1.74. The molecule has 8 heteroatoms. The van der Waals surface area contributed by atoms with Crippen LogP contribution in [0.3, 0.4) is 0 Å². The van der Waals surface area contributed by atoms with Gasteiger partial charge in [-0.2, -0.15) is 0 Å². The topological polar surface area (TPSA) is 94.5 Å². The van der Waals surface area contributed by atoms with Gasteiger partial charge in [-0.3, -0.25) is 4.79 Å². The van der Waals surface area contributed by atoms with Crippen molar-refractivity contribution in [3.63, 3.8) is 0 Å². The van der Waals surface area contributed by atoms with E-state index in [-0.39, 0.29) is 11.8 Å². The average molecular weight is 493 g/mol. The molecule has 0 bridgehead atoms. The number of aryl methyl sites for hydroxylation is 2. The Morgan fingerprint density at radius 1 is 1.22 bits per heavy atom. The summed E-state index contributed by atoms with van der Waals surface area (Å²) in [5, 5.41) is 7.28. The molecule has 1 atom stereocenters. The van der Waals surface area contributed by atoms with Crippen molar-refractivity contribution < 1.29 is 19.1 Å². The molecule has 8 nitrogen and oxygen atoms in total. The molecule has 3 aromatic rings. The molecule has 1 amide bonds. The molecule has 0 unspecified atom stereocenters. The fourth-order valence-corrected chi connectivity index (χ4v) is 4.74. The summed E-state index contributed by atoms with van der Waals surface area (Å²) in [4.78, 5) is 30.9. The van der Waals surface area contributed by atoms with Crippen LogP contribution in [0.15, 0.2) is 42.6 Å². The average Bonchev–Trinajstić information content (AvgIpc) is 3.55. The van der Waals surface area contributed by atoms with E-state index in [2.05, 4.69) is 36.6 Å². The van der Waals surface area contributed by atoms with Gasteiger partial charge in [0, 0.05) is 24.6 Å². The minimum Gasteiger partial charge on any atom is -0.464 e. The number of carbonyl (C=O) groups excluding carboxylic acids is 2. The maximum absolute atomic E-state index is 13.1. The molecule has 3 heterocycles. The molecule has 1 aromatic carbocycles. The van der Waals surface area contributed by atoms with Crippen LogP contribution in [0.1, 0.15) is 55.6 Å². The number of nitrogens with zero attached hydrogens (tertiary/aromatic N) is 2. The Labute approximate surface area is 212 Å². The van der Waals surface area contributed by atoms with E-state index in [0.29, 0.717) is 49.2 Å². The highest BCUT2D eigenvalue weighted by atomic mass is 16.5. The largest absolute Gasteiger partial charge is 0.464 e. The second-order valence-corrected chi connectivity index (χ2v) is 9.26. The zero-order valence-corrected chi connectivity index (χ0v) is 21.4. The monoisotopic (exact) mass is 492 g/mol. The first kappa shape index (κ1) is 25.7. The van der Waals surface area contributed by atoms with Crippen LogP contribution < -0.4 is 10.6 Å². The van der Waals surface area contributed by atoms with Crippen LogP contribution in [-0.4, -0.2) is 47.8 Å². The number of hydrogen-bond acceptors (Lipinski definition) is 6. The van der Waals surface area contributed by atoms with Gasteiger partial charge in [0.25, 0.3) is 0 Å². The zero-order valence-electron chi connectivity index (χ0n) is 21.4. The molecule has 0 aliphatic carbocycles. The van der Waals surface area contributed by atoms with Crippen molar-refractivity contribution in [3.05, 3.63) is 53.9 Å². The molecule has 0 spiro atoms. The fourth-order valence-electron chi connectivity index (χ4n) is 4.74. The summed E-state index contributed by atoms with van der Waals surface area (Å²) in [5.41, 5.74) is 3.51. The van der Waals surface area contributed by atoms with Crippen LogP contribution in [0.2, 0.25) is 0 Å². The van der Waals surface area contributed by atoms with E-state index in [1.165, 1.54) is 12.7 Å². The van der Waals surface area contributed by atoms with E-state index in [1.807, 2.05) is 28.8 Å². The summed E-state index contributed by atoms with van der Waals surface area (Å²) in [6, 6.07) is 12.5. The number of benzene rings is 1. The first-order valence-corrected chi connectivity index (χ1v) is 12.8. The van der Waals surface area contributed by atoms with Crippen molar-refractivity contribution in [2.24, 2.45) is 5.92 Å². The molecule has 1 aliphatic heterocycles. The minimum atomic E-state index is -0.500. The Hall–Kier alpha value is -3.39. The van der Waals surface area contributed by atoms with Crippen molar-refractivity contribution in [1.82, 2.24) is 9.55 Å². The molecule has 4 rings (SSSR count). The zero-order chi connectivity index (χ0) is 25.5. The maximum atomic E-state index is 13.1. The maximum Gasteiger partial charge on any atom is 0.356 e. The number of ether oxygens (including phenoxy) is 2. The van der Waals surface area contributed by atoms with Crippen molar-refractivity contribution in [2.75, 3.05) is 31.0 Å². The minimum absolute atomic E-state index is 0.153. The molecular weight excluding hydrogens is 456 g/mol. The lowest BCUT2D eigenvalue weighted by molar-refractivity contribution is -0.119. The van der Waals surface area contributed by atoms with Crippen LogP contribution in [0.4, 0.5) is 11.4 Å². The predicted molar refractivity (Wildman–Crippen MR) is 141 cm³/mol. The van der Waals surface area contributed by atoms with Gasteiger partial charge in [0.05, 0.1) is 37.2 Å². The van der Waals surface area contributed by atoms with Crippen molar-refractivity contribution in [2.45, 2.75) is 58.5 Å². The number of fused-ring (bicyclic) bond motifs is 1. The number of rotatable bonds is 11. The van der Waals surface area contributed by atoms with Gasteiger partial charge in [-0.25, -0.2) is 9.78 Å². The van der Waals surface area contributed by atoms with E-state index in [4.69, 9.17) is 14.5 Å². The molecule has 1 saturated heterocycles. The summed E-state index contributed by atoms with van der Waals surface area (Å²) in [5.74, 6) is -0.898. The molecule has 1 aliphatic rings. The predicted octanol–water partition coefficient (Wildman–Crippen LogP) is 5.03. The van der Waals surface area contributed by atoms with Gasteiger partial charge in [0.2, 0.25) is 5.91 Å². The highest BCUT2D eigenvalue weighted by molar-refractivity contribution is 6.11. The fraction of sp³-hybridized carbons (Fsp3) is 0.464. The van der Waals surface area contributed by atoms with Gasteiger partial charge in [-0.1, -0.05) is 44.2 Å². The van der Waals surface area contributed by atoms with E-state index < -0.39 is 5.97 Å². The number of aromatic nitrogens is 2. The number of methoxy groups -OCH3 is 1. The third kappa shape index (κ3) is 5.70. The van der Waals surface area contributed by atoms with Crippen LogP contribution in [0.5, 0.6) is 0 Å². The Kier molecular flexibility index (Phi) is 8.59. The van der Waals surface area contributed by atoms with Gasteiger partial charge in [0.15, 0.2) is 5.69 Å². The number of pyridine rings is 1. The highest BCUT2D eigenvalue weighted by Gasteiger charge is 2.29. The molecule has 0 radical (unpaired) electrons. The number of carbonyl (C=O) groups is 2. The lowest BCUT2D eigenvalue weighted by Gasteiger charge is -2.16. The van der Waals surface area contributed by atoms with Gasteiger partial charge < -0.3 is 24.7 Å². The van der Waals surface area contributed by atoms with E-state index in [9.17, 15) is 9.59 Å². The molecular formula is C28H36N4O4. The van der Waals surface area contributed by atoms with Gasteiger partial charge in [-0.15, -0.1) is 0 Å². The normalized spacial score (nSPS) is 15.4. The van der Waals surface area contributed by atoms with E-state index in [0.717, 1.165) is 36.8 Å². The van der Waals surface area contributed by atoms with E-state index in [1.54, 1.807) is 6.20 Å². The quantitative estimate of drug-likeness (QED) is 0.365. The SMILES string of the molecule is CCC(CC)Nc1cnc2c(c1)c(NC(=O)[C@H]1CCOC1)c(C(=O)OC)n2CCCc1ccccc1. The summed E-state index contributed by atoms with van der Waals surface area (Å²) < 4.78 is 12.5. The van der Waals surface area contributed by atoms with Crippen LogP contribution in [0, 0.1) is 5.92 Å². The van der Waals surface area contributed by atoms with Crippen molar-refractivity contribution in [1.29, 1.82) is 0 Å². The Bertz CT molecular complexity index is 1180. The summed E-state index contributed by atoms with van der Waals surface area (Å²) in [6.45, 7) is 5.79. The number of esters is 1. The highest BCUT2D eigenvalue weighted by Crippen LogP contribution is 2.34. The third-order valence-electron chi connectivity index (χ3n) is 6.87. The van der Waals surface area contributed by atoms with Crippen LogP contribution in [0.25, 0.3) is 11.0 Å². The number of nitrogens with one attached hydrogen (secondary N) is 2. The van der Waals surface area contributed by atoms with Crippen LogP contribution in [-0.2, 0) is 27.2 Å². The smallest absolute Gasteiger partial charge is 0.356 e. The third-order valence-corrected chi connectivity index (χ3v) is 6.87. The molecule has 2 N–H and O–H groups in total. The summed E-state index contributed by atoms with van der Waals surface area (Å²) in [7, 11) is 1.36. The molecule has 1 fully saturated rings. The number of hydrogen-bond donors (Lipinski definition) is 2. The standard InChI is InChI=1S/C28H36N4O4/c1-4-21(5-2)30-22-16-23-24(31-27(33)20-13-15-36-18-20)25(28(34)35-3)32(26(23)29-17-22)14-9-12-19-10-7-6-8-11-19/h6-8,10-11,16-17,20-21,30H,4-5,9,12-15,18H2,1-3H3,(H,31,33)/t20-/m0/s1. The van der Waals surface area contributed by atoms with Crippen LogP contribution >= 0.6 is 0 Å². The first-order valence-electron chi connectivity index (χ1n) is 12.8. The summed E-state index contributed by atoms with van der Waals surface area (Å²) in [6.07, 6.45) is 6.08. The second kappa shape index (κ2) is 12.0. The molecule has 2 aromatic heterocycles. The number of amides is 1. The second-order valence-electron chi connectivity index (χ2n) is 9.26. The van der Waals surface area contributed by atoms with Gasteiger partial charge in [-0.05, 0) is 43.7 Å².